The molecule has 35 heavy (non-hydrogen) atoms. The summed E-state index contributed by atoms with van der Waals surface area (Å²) < 4.78 is 10.6. The Morgan fingerprint density at radius 1 is 0.886 bits per heavy atom. The van der Waals surface area contributed by atoms with Crippen LogP contribution >= 0.6 is 11.8 Å². The summed E-state index contributed by atoms with van der Waals surface area (Å²) >= 11 is 1.35. The van der Waals surface area contributed by atoms with Crippen LogP contribution in [0.3, 0.4) is 0 Å². The first-order valence-corrected chi connectivity index (χ1v) is 11.3. The van der Waals surface area contributed by atoms with Gasteiger partial charge in [0.15, 0.2) is 0 Å². The first kappa shape index (κ1) is 25.4. The van der Waals surface area contributed by atoms with Crippen molar-refractivity contribution >= 4 is 40.9 Å². The van der Waals surface area contributed by atoms with E-state index < -0.39 is 17.1 Å². The molecule has 1 atom stereocenters. The van der Waals surface area contributed by atoms with E-state index in [4.69, 9.17) is 14.6 Å². The molecule has 8 nitrogen and oxygen atoms in total. The van der Waals surface area contributed by atoms with E-state index >= 15 is 0 Å². The van der Waals surface area contributed by atoms with Crippen LogP contribution in [0.2, 0.25) is 0 Å². The van der Waals surface area contributed by atoms with Gasteiger partial charge in [-0.3, -0.25) is 9.59 Å². The van der Waals surface area contributed by atoms with Gasteiger partial charge in [0.05, 0.1) is 19.9 Å². The maximum absolute atomic E-state index is 13.4. The Kier molecular flexibility index (Phi) is 8.91. The lowest BCUT2D eigenvalue weighted by atomic mass is 10.1. The summed E-state index contributed by atoms with van der Waals surface area (Å²) in [6.07, 6.45) is 1.70. The number of carboxylic acids is 1. The van der Waals surface area contributed by atoms with Crippen molar-refractivity contribution in [2.75, 3.05) is 24.9 Å². The Bertz CT molecular complexity index is 1210. The summed E-state index contributed by atoms with van der Waals surface area (Å²) in [5.74, 6) is -0.914. The maximum Gasteiger partial charge on any atom is 0.328 e. The first-order chi connectivity index (χ1) is 16.9. The van der Waals surface area contributed by atoms with E-state index in [9.17, 15) is 14.4 Å². The van der Waals surface area contributed by atoms with E-state index in [1.807, 2.05) is 30.3 Å². The average molecular weight is 493 g/mol. The molecule has 180 valence electrons. The van der Waals surface area contributed by atoms with Crippen LogP contribution in [-0.2, 0) is 14.4 Å². The number of hydrogen-bond donors (Lipinski definition) is 3. The van der Waals surface area contributed by atoms with Gasteiger partial charge in [0.1, 0.15) is 16.7 Å². The summed E-state index contributed by atoms with van der Waals surface area (Å²) in [4.78, 5) is 36.5. The number of anilines is 2. The predicted octanol–water partition coefficient (Wildman–Crippen LogP) is 4.76. The lowest BCUT2D eigenvalue weighted by Crippen LogP contribution is -2.19. The van der Waals surface area contributed by atoms with Crippen LogP contribution in [0.15, 0.2) is 89.8 Å². The van der Waals surface area contributed by atoms with Gasteiger partial charge in [-0.15, -0.1) is 11.8 Å². The number of carbonyl (C=O) groups is 3. The molecule has 0 aliphatic carbocycles. The maximum atomic E-state index is 13.4. The third-order valence-corrected chi connectivity index (χ3v) is 6.02. The number of carboxylic acid groups (broad SMARTS) is 1. The molecule has 0 saturated carbocycles. The minimum atomic E-state index is -1.20. The molecule has 3 aromatic rings. The number of nitrogens with one attached hydrogen (secondary N) is 2. The molecule has 0 radical (unpaired) electrons. The largest absolute Gasteiger partial charge is 0.497 e. The molecule has 3 aromatic carbocycles. The molecule has 3 N–H and O–H groups in total. The van der Waals surface area contributed by atoms with Crippen LogP contribution in [0.25, 0.3) is 0 Å². The average Bonchev–Trinajstić information content (AvgIpc) is 2.87. The van der Waals surface area contributed by atoms with Crippen molar-refractivity contribution in [2.24, 2.45) is 0 Å². The molecule has 1 unspecified atom stereocenters. The number of benzene rings is 3. The molecule has 0 fully saturated rings. The monoisotopic (exact) mass is 492 g/mol. The van der Waals surface area contributed by atoms with E-state index in [1.165, 1.54) is 18.9 Å². The highest BCUT2D eigenvalue weighted by molar-refractivity contribution is 8.00. The van der Waals surface area contributed by atoms with Gasteiger partial charge >= 0.3 is 5.97 Å². The Morgan fingerprint density at radius 3 is 2.23 bits per heavy atom. The molecule has 0 saturated heterocycles. The molecule has 3 rings (SSSR count). The van der Waals surface area contributed by atoms with E-state index in [0.29, 0.717) is 22.9 Å². The van der Waals surface area contributed by atoms with Gasteiger partial charge in [-0.05, 0) is 42.0 Å². The van der Waals surface area contributed by atoms with Crippen LogP contribution in [0, 0.1) is 0 Å². The van der Waals surface area contributed by atoms with Crippen LogP contribution in [0.5, 0.6) is 11.5 Å². The van der Waals surface area contributed by atoms with E-state index in [1.54, 1.807) is 49.6 Å². The molecule has 0 aliphatic rings. The molecule has 0 spiro atoms. The zero-order chi connectivity index (χ0) is 25.2. The third-order valence-electron chi connectivity index (χ3n) is 4.76. The summed E-state index contributed by atoms with van der Waals surface area (Å²) in [5, 5.41) is 13.6. The van der Waals surface area contributed by atoms with Gasteiger partial charge in [0.25, 0.3) is 0 Å². The second kappa shape index (κ2) is 12.3. The predicted molar refractivity (Wildman–Crippen MR) is 135 cm³/mol. The smallest absolute Gasteiger partial charge is 0.328 e. The highest BCUT2D eigenvalue weighted by Gasteiger charge is 2.23. The van der Waals surface area contributed by atoms with Gasteiger partial charge in [0, 0.05) is 28.8 Å². The van der Waals surface area contributed by atoms with Crippen molar-refractivity contribution in [1.29, 1.82) is 0 Å². The summed E-state index contributed by atoms with van der Waals surface area (Å²) in [7, 11) is 3.07. The highest BCUT2D eigenvalue weighted by Crippen LogP contribution is 2.38. The molecule has 0 aromatic heterocycles. The topological polar surface area (TPSA) is 114 Å². The minimum absolute atomic E-state index is 0.246. The lowest BCUT2D eigenvalue weighted by Gasteiger charge is -2.19. The van der Waals surface area contributed by atoms with Gasteiger partial charge in [-0.25, -0.2) is 4.79 Å². The van der Waals surface area contributed by atoms with Crippen LogP contribution in [0.4, 0.5) is 11.4 Å². The molecule has 0 aliphatic heterocycles. The molecule has 9 heteroatoms. The molecule has 0 bridgehead atoms. The number of thioether (sulfide) groups is 1. The van der Waals surface area contributed by atoms with Crippen LogP contribution in [0.1, 0.15) is 10.8 Å². The molecular weight excluding hydrogens is 468 g/mol. The van der Waals surface area contributed by atoms with Gasteiger partial charge < -0.3 is 25.2 Å². The van der Waals surface area contributed by atoms with E-state index in [2.05, 4.69) is 10.6 Å². The zero-order valence-corrected chi connectivity index (χ0v) is 19.9. The lowest BCUT2D eigenvalue weighted by molar-refractivity contribution is -0.131. The van der Waals surface area contributed by atoms with Gasteiger partial charge in [-0.1, -0.05) is 30.3 Å². The van der Waals surface area contributed by atoms with Crippen molar-refractivity contribution in [3.63, 3.8) is 0 Å². The van der Waals surface area contributed by atoms with E-state index in [-0.39, 0.29) is 5.91 Å². The Morgan fingerprint density at radius 2 is 1.60 bits per heavy atom. The fourth-order valence-corrected chi connectivity index (χ4v) is 4.12. The van der Waals surface area contributed by atoms with Gasteiger partial charge in [0.2, 0.25) is 11.8 Å². The molecule has 2 amide bonds. The first-order valence-electron chi connectivity index (χ1n) is 10.5. The quantitative estimate of drug-likeness (QED) is 0.276. The summed E-state index contributed by atoms with van der Waals surface area (Å²) in [6.45, 7) is 0. The van der Waals surface area contributed by atoms with Crippen molar-refractivity contribution in [3.8, 4) is 11.5 Å². The number of amides is 2. The van der Waals surface area contributed by atoms with E-state index in [0.717, 1.165) is 22.6 Å². The fraction of sp³-hybridized carbons (Fsp3) is 0.115. The summed E-state index contributed by atoms with van der Waals surface area (Å²) in [6, 6.07) is 21.4. The van der Waals surface area contributed by atoms with Crippen molar-refractivity contribution in [1.82, 2.24) is 0 Å². The molecule has 0 heterocycles. The van der Waals surface area contributed by atoms with Crippen molar-refractivity contribution in [2.45, 2.75) is 10.1 Å². The number of carbonyl (C=O) groups excluding carboxylic acids is 2. The zero-order valence-electron chi connectivity index (χ0n) is 19.1. The van der Waals surface area contributed by atoms with Crippen LogP contribution in [-0.4, -0.2) is 37.1 Å². The number of aliphatic carboxylic acids is 1. The minimum Gasteiger partial charge on any atom is -0.497 e. The Balaban J connectivity index is 1.79. The number of rotatable bonds is 10. The second-order valence-corrected chi connectivity index (χ2v) is 8.33. The Hall–Kier alpha value is -4.24. The van der Waals surface area contributed by atoms with Crippen LogP contribution < -0.4 is 20.1 Å². The summed E-state index contributed by atoms with van der Waals surface area (Å²) in [5.41, 5.74) is 1.80. The third kappa shape index (κ3) is 7.38. The fourth-order valence-electron chi connectivity index (χ4n) is 3.09. The Labute approximate surface area is 207 Å². The standard InChI is InChI=1S/C26H24N2O6S/c1-33-19-10-13-22(34-2)21(16-19)28-26(32)25(17-6-4-3-5-7-17)35-20-11-8-18(9-12-20)27-23(29)14-15-24(30)31/h3-16,25H,1-2H3,(H,27,29)(H,28,32)(H,30,31)/b15-14+. The SMILES string of the molecule is COc1ccc(OC)c(NC(=O)C(Sc2ccc(NC(=O)/C=C/C(=O)O)cc2)c2ccccc2)c1. The van der Waals surface area contributed by atoms with Crippen molar-refractivity contribution in [3.05, 3.63) is 90.5 Å². The molecular formula is C26H24N2O6S. The second-order valence-electron chi connectivity index (χ2n) is 7.15. The van der Waals surface area contributed by atoms with Gasteiger partial charge in [-0.2, -0.15) is 0 Å². The van der Waals surface area contributed by atoms with Crippen molar-refractivity contribution < 1.29 is 29.0 Å². The number of hydrogen-bond acceptors (Lipinski definition) is 6. The normalized spacial score (nSPS) is 11.5. The number of methoxy groups -OCH3 is 2. The number of ether oxygens (including phenoxy) is 2. The highest BCUT2D eigenvalue weighted by atomic mass is 32.2.